The van der Waals surface area contributed by atoms with Crippen LogP contribution in [0.2, 0.25) is 0 Å². The fraction of sp³-hybridized carbons (Fsp3) is 0. The highest BCUT2D eigenvalue weighted by Crippen LogP contribution is 2.42. The maximum atomic E-state index is 5.45. The molecule has 7 nitrogen and oxygen atoms in total. The van der Waals surface area contributed by atoms with Gasteiger partial charge in [-0.05, 0) is 139 Å². The Morgan fingerprint density at radius 3 is 0.923 bits per heavy atom. The smallest absolute Gasteiger partial charge is 0.238 e. The number of fused-ring (bicyclic) bond motifs is 3. The molecule has 0 aliphatic carbocycles. The first-order valence-corrected chi connectivity index (χ1v) is 30.6. The van der Waals surface area contributed by atoms with Gasteiger partial charge in [0.05, 0.1) is 11.0 Å². The first-order valence-electron chi connectivity index (χ1n) is 30.6. The van der Waals surface area contributed by atoms with Gasteiger partial charge in [0, 0.05) is 38.6 Å². The molecule has 0 aliphatic heterocycles. The lowest BCUT2D eigenvalue weighted by molar-refractivity contribution is 0.953. The third-order valence-electron chi connectivity index (χ3n) is 16.9. The second-order valence-electron chi connectivity index (χ2n) is 22.7. The lowest BCUT2D eigenvalue weighted by atomic mass is 9.93. The average molecular weight is 1160 g/mol. The van der Waals surface area contributed by atoms with Crippen LogP contribution in [-0.4, -0.2) is 34.5 Å². The van der Waals surface area contributed by atoms with Gasteiger partial charge in [0.25, 0.3) is 0 Å². The van der Waals surface area contributed by atoms with Crippen molar-refractivity contribution in [3.63, 3.8) is 0 Å². The molecular formula is C84H55N7. The Kier molecular flexibility index (Phi) is 14.1. The van der Waals surface area contributed by atoms with Crippen LogP contribution in [-0.2, 0) is 0 Å². The molecule has 7 heteroatoms. The van der Waals surface area contributed by atoms with Crippen molar-refractivity contribution in [1.29, 1.82) is 0 Å². The van der Waals surface area contributed by atoms with E-state index in [1.165, 1.54) is 5.56 Å². The first-order chi connectivity index (χ1) is 45.1. The minimum absolute atomic E-state index is 0.509. The summed E-state index contributed by atoms with van der Waals surface area (Å²) in [5.74, 6) is 3.38. The van der Waals surface area contributed by atoms with Crippen LogP contribution in [0.5, 0.6) is 0 Å². The predicted molar refractivity (Wildman–Crippen MR) is 373 cm³/mol. The maximum Gasteiger partial charge on any atom is 0.238 e. The summed E-state index contributed by atoms with van der Waals surface area (Å²) in [6.45, 7) is 0. The summed E-state index contributed by atoms with van der Waals surface area (Å²) in [5.41, 5.74) is 21.8. The summed E-state index contributed by atoms with van der Waals surface area (Å²) in [7, 11) is 0. The summed E-state index contributed by atoms with van der Waals surface area (Å²) in [4.78, 5) is 31.9. The minimum Gasteiger partial charge on any atom is -0.278 e. The van der Waals surface area contributed by atoms with Gasteiger partial charge < -0.3 is 0 Å². The molecule has 0 unspecified atom stereocenters. The standard InChI is InChI=1S/C84H55N7/c1-7-24-56(25-8-1)62-36-19-37-63(48-62)64-38-20-42-69(49-64)83-87-80(61-34-17-6-18-35-61)89-84(90-83)91-76-47-46-66(57-26-9-2-10-27-57)55-75(76)78-74(44-23-45-77(78)91)67-40-22-43-70(51-67)82-86-79(60-32-15-5-16-33-60)85-81(88-82)68-41-21-39-65(50-68)73-53-71(58-28-11-3-12-29-58)52-72(54-73)59-30-13-4-14-31-59/h1-55H. The zero-order chi connectivity index (χ0) is 60.5. The molecule has 0 amide bonds. The number of nitrogens with zero attached hydrogens (tertiary/aromatic N) is 7. The Labute approximate surface area is 527 Å². The van der Waals surface area contributed by atoms with E-state index in [0.29, 0.717) is 35.1 Å². The van der Waals surface area contributed by atoms with Gasteiger partial charge in [0.1, 0.15) is 0 Å². The first kappa shape index (κ1) is 54.1. The molecule has 0 spiro atoms. The lowest BCUT2D eigenvalue weighted by Gasteiger charge is -2.13. The molecular weight excluding hydrogens is 1110 g/mol. The van der Waals surface area contributed by atoms with Crippen LogP contribution in [0, 0.1) is 0 Å². The van der Waals surface area contributed by atoms with E-state index in [9.17, 15) is 0 Å². The summed E-state index contributed by atoms with van der Waals surface area (Å²) in [5, 5.41) is 2.11. The molecule has 0 N–H and O–H groups in total. The summed E-state index contributed by atoms with van der Waals surface area (Å²) >= 11 is 0. The molecule has 0 saturated carbocycles. The average Bonchev–Trinajstić information content (AvgIpc) is 1.60. The highest BCUT2D eigenvalue weighted by molar-refractivity contribution is 6.16. The monoisotopic (exact) mass is 1160 g/mol. The molecule has 426 valence electrons. The number of hydrogen-bond acceptors (Lipinski definition) is 6. The number of hydrogen-bond donors (Lipinski definition) is 0. The van der Waals surface area contributed by atoms with Crippen molar-refractivity contribution in [2.24, 2.45) is 0 Å². The maximum absolute atomic E-state index is 5.45. The summed E-state index contributed by atoms with van der Waals surface area (Å²) in [6, 6.07) is 117. The largest absolute Gasteiger partial charge is 0.278 e. The van der Waals surface area contributed by atoms with Crippen molar-refractivity contribution in [2.75, 3.05) is 0 Å². The van der Waals surface area contributed by atoms with E-state index in [2.05, 4.69) is 296 Å². The third kappa shape index (κ3) is 10.8. The second kappa shape index (κ2) is 23.7. The van der Waals surface area contributed by atoms with Crippen LogP contribution in [0.3, 0.4) is 0 Å². The molecule has 13 aromatic carbocycles. The Balaban J connectivity index is 0.840. The van der Waals surface area contributed by atoms with Crippen molar-refractivity contribution in [1.82, 2.24) is 34.5 Å². The molecule has 0 atom stereocenters. The predicted octanol–water partition coefficient (Wildman–Crippen LogP) is 21.2. The van der Waals surface area contributed by atoms with E-state index in [0.717, 1.165) is 122 Å². The summed E-state index contributed by atoms with van der Waals surface area (Å²) in [6.07, 6.45) is 0. The molecule has 0 saturated heterocycles. The van der Waals surface area contributed by atoms with E-state index in [-0.39, 0.29) is 0 Å². The fourth-order valence-corrected chi connectivity index (χ4v) is 12.4. The fourth-order valence-electron chi connectivity index (χ4n) is 12.4. The van der Waals surface area contributed by atoms with Crippen LogP contribution < -0.4 is 0 Å². The quantitative estimate of drug-likeness (QED) is 0.114. The van der Waals surface area contributed by atoms with Gasteiger partial charge in [-0.3, -0.25) is 4.57 Å². The van der Waals surface area contributed by atoms with E-state index in [4.69, 9.17) is 29.9 Å². The van der Waals surface area contributed by atoms with E-state index >= 15 is 0 Å². The van der Waals surface area contributed by atoms with E-state index < -0.39 is 0 Å². The minimum atomic E-state index is 0.509. The van der Waals surface area contributed by atoms with E-state index in [1.54, 1.807) is 0 Å². The number of benzene rings is 13. The summed E-state index contributed by atoms with van der Waals surface area (Å²) < 4.78 is 2.20. The SMILES string of the molecule is c1ccc(-c2cccc(-c3cccc(-c4nc(-c5ccccc5)nc(-n5c6ccc(-c7ccccc7)cc6c6c(-c7cccc(-c8nc(-c9ccccc9)nc(-c9cccc(-c%10cc(-c%11ccccc%11)cc(-c%11ccccc%11)c%10)c9)n8)c7)cccc65)n4)c3)c2)cc1. The molecule has 0 bridgehead atoms. The van der Waals surface area contributed by atoms with Gasteiger partial charge in [-0.1, -0.05) is 273 Å². The van der Waals surface area contributed by atoms with Gasteiger partial charge in [-0.2, -0.15) is 9.97 Å². The Hall–Kier alpha value is -12.3. The van der Waals surface area contributed by atoms with Crippen molar-refractivity contribution >= 4 is 21.8 Å². The molecule has 0 radical (unpaired) electrons. The van der Waals surface area contributed by atoms with Gasteiger partial charge in [0.2, 0.25) is 5.95 Å². The van der Waals surface area contributed by atoms with Gasteiger partial charge in [0.15, 0.2) is 29.1 Å². The van der Waals surface area contributed by atoms with Crippen LogP contribution in [0.25, 0.3) is 163 Å². The molecule has 0 fully saturated rings. The van der Waals surface area contributed by atoms with Crippen LogP contribution in [0.15, 0.2) is 334 Å². The highest BCUT2D eigenvalue weighted by atomic mass is 15.2. The van der Waals surface area contributed by atoms with Gasteiger partial charge >= 0.3 is 0 Å². The van der Waals surface area contributed by atoms with Gasteiger partial charge in [-0.25, -0.2) is 19.9 Å². The van der Waals surface area contributed by atoms with Crippen LogP contribution in [0.4, 0.5) is 0 Å². The highest BCUT2D eigenvalue weighted by Gasteiger charge is 2.23. The molecule has 16 aromatic rings. The Morgan fingerprint density at radius 1 is 0.176 bits per heavy atom. The zero-order valence-corrected chi connectivity index (χ0v) is 49.4. The number of rotatable bonds is 13. The van der Waals surface area contributed by atoms with E-state index in [1.807, 2.05) is 42.5 Å². The van der Waals surface area contributed by atoms with Crippen molar-refractivity contribution in [2.45, 2.75) is 0 Å². The van der Waals surface area contributed by atoms with Gasteiger partial charge in [-0.15, -0.1) is 0 Å². The number of aromatic nitrogens is 7. The third-order valence-corrected chi connectivity index (χ3v) is 16.9. The lowest BCUT2D eigenvalue weighted by Crippen LogP contribution is -2.06. The molecule has 16 rings (SSSR count). The Morgan fingerprint density at radius 2 is 0.462 bits per heavy atom. The molecule has 91 heavy (non-hydrogen) atoms. The van der Waals surface area contributed by atoms with Crippen molar-refractivity contribution in [3.05, 3.63) is 334 Å². The zero-order valence-electron chi connectivity index (χ0n) is 49.4. The van der Waals surface area contributed by atoms with Crippen LogP contribution in [0.1, 0.15) is 0 Å². The van der Waals surface area contributed by atoms with Crippen LogP contribution >= 0.6 is 0 Å². The second-order valence-corrected chi connectivity index (χ2v) is 22.7. The Bertz CT molecular complexity index is 5270. The topological polar surface area (TPSA) is 82.3 Å². The molecule has 3 heterocycles. The van der Waals surface area contributed by atoms with Crippen molar-refractivity contribution < 1.29 is 0 Å². The molecule has 0 aliphatic rings. The van der Waals surface area contributed by atoms with Crippen molar-refractivity contribution in [3.8, 4) is 141 Å². The normalized spacial score (nSPS) is 11.3. The molecule has 3 aromatic heterocycles.